The number of aryl methyl sites for hydroxylation is 2. The van der Waals surface area contributed by atoms with E-state index in [1.807, 2.05) is 26.0 Å². The summed E-state index contributed by atoms with van der Waals surface area (Å²) in [6.45, 7) is 3.20. The standard InChI is InChI=1S/C20H21NO6/c1-13-4-9-17(10-14(13)2)26-12-19(23)27-11-18(22)21-16-7-5-15(6-8-16)20(24)25-3/h4-10H,11-12H2,1-3H3,(H,21,22). The predicted octanol–water partition coefficient (Wildman–Crippen LogP) is 2.65. The van der Waals surface area contributed by atoms with Crippen LogP contribution in [-0.4, -0.2) is 38.2 Å². The topological polar surface area (TPSA) is 90.9 Å². The van der Waals surface area contributed by atoms with Gasteiger partial charge in [0.25, 0.3) is 5.91 Å². The molecule has 0 radical (unpaired) electrons. The van der Waals surface area contributed by atoms with E-state index in [1.54, 1.807) is 18.2 Å². The first-order valence-corrected chi connectivity index (χ1v) is 8.23. The third-order valence-electron chi connectivity index (χ3n) is 3.79. The maximum absolute atomic E-state index is 11.8. The van der Waals surface area contributed by atoms with Crippen molar-refractivity contribution in [2.75, 3.05) is 25.6 Å². The molecule has 7 heteroatoms. The smallest absolute Gasteiger partial charge is 0.344 e. The van der Waals surface area contributed by atoms with Gasteiger partial charge in [-0.15, -0.1) is 0 Å². The Morgan fingerprint density at radius 3 is 2.26 bits per heavy atom. The molecule has 0 fully saturated rings. The lowest BCUT2D eigenvalue weighted by atomic mass is 10.1. The highest BCUT2D eigenvalue weighted by atomic mass is 16.6. The Morgan fingerprint density at radius 2 is 1.63 bits per heavy atom. The molecule has 2 aromatic carbocycles. The van der Waals surface area contributed by atoms with Crippen molar-refractivity contribution in [1.82, 2.24) is 0 Å². The molecule has 1 N–H and O–H groups in total. The number of hydrogen-bond acceptors (Lipinski definition) is 6. The van der Waals surface area contributed by atoms with Gasteiger partial charge in [-0.25, -0.2) is 9.59 Å². The molecule has 0 heterocycles. The van der Waals surface area contributed by atoms with Gasteiger partial charge in [-0.2, -0.15) is 0 Å². The van der Waals surface area contributed by atoms with Crippen molar-refractivity contribution >= 4 is 23.5 Å². The number of nitrogens with one attached hydrogen (secondary N) is 1. The third-order valence-corrected chi connectivity index (χ3v) is 3.79. The van der Waals surface area contributed by atoms with Crippen LogP contribution in [0.25, 0.3) is 0 Å². The van der Waals surface area contributed by atoms with Crippen LogP contribution in [-0.2, 0) is 19.1 Å². The molecule has 1 amide bonds. The molecule has 0 saturated heterocycles. The van der Waals surface area contributed by atoms with Crippen molar-refractivity contribution in [1.29, 1.82) is 0 Å². The van der Waals surface area contributed by atoms with E-state index in [0.717, 1.165) is 11.1 Å². The van der Waals surface area contributed by atoms with Crippen molar-refractivity contribution < 1.29 is 28.6 Å². The van der Waals surface area contributed by atoms with Gasteiger partial charge in [0.1, 0.15) is 5.75 Å². The lowest BCUT2D eigenvalue weighted by Crippen LogP contribution is -2.23. The van der Waals surface area contributed by atoms with Crippen LogP contribution in [0, 0.1) is 13.8 Å². The molecule has 2 rings (SSSR count). The monoisotopic (exact) mass is 371 g/mol. The Bertz CT molecular complexity index is 829. The summed E-state index contributed by atoms with van der Waals surface area (Å²) in [5.74, 6) is -1.06. The highest BCUT2D eigenvalue weighted by molar-refractivity contribution is 5.94. The number of carbonyl (C=O) groups excluding carboxylic acids is 3. The first-order valence-electron chi connectivity index (χ1n) is 8.23. The fourth-order valence-corrected chi connectivity index (χ4v) is 2.14. The van der Waals surface area contributed by atoms with E-state index in [9.17, 15) is 14.4 Å². The zero-order valence-electron chi connectivity index (χ0n) is 15.4. The highest BCUT2D eigenvalue weighted by Crippen LogP contribution is 2.16. The van der Waals surface area contributed by atoms with Gasteiger partial charge in [0.2, 0.25) is 0 Å². The number of esters is 2. The summed E-state index contributed by atoms with van der Waals surface area (Å²) in [6, 6.07) is 11.6. The van der Waals surface area contributed by atoms with E-state index in [-0.39, 0.29) is 6.61 Å². The highest BCUT2D eigenvalue weighted by Gasteiger charge is 2.10. The summed E-state index contributed by atoms with van der Waals surface area (Å²) in [7, 11) is 1.29. The van der Waals surface area contributed by atoms with Gasteiger partial charge in [0.15, 0.2) is 13.2 Å². The zero-order valence-corrected chi connectivity index (χ0v) is 15.4. The van der Waals surface area contributed by atoms with Crippen LogP contribution < -0.4 is 10.1 Å². The van der Waals surface area contributed by atoms with Crippen LogP contribution in [0.1, 0.15) is 21.5 Å². The fraction of sp³-hybridized carbons (Fsp3) is 0.250. The van der Waals surface area contributed by atoms with E-state index in [2.05, 4.69) is 10.1 Å². The number of anilines is 1. The Hall–Kier alpha value is -3.35. The second-order valence-corrected chi connectivity index (χ2v) is 5.81. The van der Waals surface area contributed by atoms with E-state index in [1.165, 1.54) is 19.2 Å². The number of methoxy groups -OCH3 is 1. The summed E-state index contributed by atoms with van der Waals surface area (Å²) in [5.41, 5.74) is 3.01. The van der Waals surface area contributed by atoms with E-state index < -0.39 is 24.5 Å². The van der Waals surface area contributed by atoms with Crippen molar-refractivity contribution in [3.63, 3.8) is 0 Å². The SMILES string of the molecule is COC(=O)c1ccc(NC(=O)COC(=O)COc2ccc(C)c(C)c2)cc1. The third kappa shape index (κ3) is 6.14. The van der Waals surface area contributed by atoms with Crippen molar-refractivity contribution in [3.8, 4) is 5.75 Å². The van der Waals surface area contributed by atoms with Crippen LogP contribution in [0.4, 0.5) is 5.69 Å². The molecular weight excluding hydrogens is 350 g/mol. The molecule has 27 heavy (non-hydrogen) atoms. The average Bonchev–Trinajstić information content (AvgIpc) is 2.67. The molecule has 0 aromatic heterocycles. The summed E-state index contributed by atoms with van der Waals surface area (Å²) in [4.78, 5) is 34.9. The Labute approximate surface area is 157 Å². The molecule has 0 aliphatic rings. The molecule has 0 atom stereocenters. The van der Waals surface area contributed by atoms with Gasteiger partial charge in [0, 0.05) is 5.69 Å². The second-order valence-electron chi connectivity index (χ2n) is 5.81. The molecular formula is C20H21NO6. The molecule has 0 aliphatic heterocycles. The van der Waals surface area contributed by atoms with Crippen LogP contribution in [0.2, 0.25) is 0 Å². The first kappa shape index (κ1) is 20.0. The van der Waals surface area contributed by atoms with Gasteiger partial charge in [-0.1, -0.05) is 6.07 Å². The van der Waals surface area contributed by atoms with Crippen molar-refractivity contribution in [2.24, 2.45) is 0 Å². The van der Waals surface area contributed by atoms with Crippen molar-refractivity contribution in [3.05, 3.63) is 59.2 Å². The van der Waals surface area contributed by atoms with E-state index >= 15 is 0 Å². The summed E-state index contributed by atoms with van der Waals surface area (Å²) < 4.78 is 14.8. The first-order chi connectivity index (χ1) is 12.9. The molecule has 0 unspecified atom stereocenters. The predicted molar refractivity (Wildman–Crippen MR) is 98.8 cm³/mol. The number of amides is 1. The van der Waals surface area contributed by atoms with E-state index in [4.69, 9.17) is 9.47 Å². The molecule has 0 saturated carbocycles. The maximum Gasteiger partial charge on any atom is 0.344 e. The lowest BCUT2D eigenvalue weighted by molar-refractivity contribution is -0.149. The minimum absolute atomic E-state index is 0.288. The van der Waals surface area contributed by atoms with Gasteiger partial charge in [-0.05, 0) is 61.4 Å². The van der Waals surface area contributed by atoms with Crippen molar-refractivity contribution in [2.45, 2.75) is 13.8 Å². The largest absolute Gasteiger partial charge is 0.482 e. The zero-order chi connectivity index (χ0) is 19.8. The molecule has 2 aromatic rings. The van der Waals surface area contributed by atoms with Crippen LogP contribution in [0.5, 0.6) is 5.75 Å². The number of benzene rings is 2. The lowest BCUT2D eigenvalue weighted by Gasteiger charge is -2.09. The molecule has 142 valence electrons. The van der Waals surface area contributed by atoms with Gasteiger partial charge >= 0.3 is 11.9 Å². The second kappa shape index (κ2) is 9.38. The Kier molecular flexibility index (Phi) is 6.93. The number of ether oxygens (including phenoxy) is 3. The summed E-state index contributed by atoms with van der Waals surface area (Å²) >= 11 is 0. The minimum atomic E-state index is -0.649. The van der Waals surface area contributed by atoms with Gasteiger partial charge in [-0.3, -0.25) is 4.79 Å². The summed E-state index contributed by atoms with van der Waals surface area (Å²) in [5, 5.41) is 2.56. The minimum Gasteiger partial charge on any atom is -0.482 e. The number of carbonyl (C=O) groups is 3. The van der Waals surface area contributed by atoms with Gasteiger partial charge < -0.3 is 19.5 Å². The maximum atomic E-state index is 11.8. The Balaban J connectivity index is 1.75. The molecule has 0 bridgehead atoms. The van der Waals surface area contributed by atoms with E-state index in [0.29, 0.717) is 17.0 Å². The van der Waals surface area contributed by atoms with Crippen LogP contribution in [0.15, 0.2) is 42.5 Å². The van der Waals surface area contributed by atoms with Gasteiger partial charge in [0.05, 0.1) is 12.7 Å². The quantitative estimate of drug-likeness (QED) is 0.753. The number of hydrogen-bond donors (Lipinski definition) is 1. The Morgan fingerprint density at radius 1 is 0.926 bits per heavy atom. The molecule has 0 spiro atoms. The fourth-order valence-electron chi connectivity index (χ4n) is 2.14. The summed E-state index contributed by atoms with van der Waals surface area (Å²) in [6.07, 6.45) is 0. The normalized spacial score (nSPS) is 10.0. The molecule has 7 nitrogen and oxygen atoms in total. The van der Waals surface area contributed by atoms with Crippen LogP contribution >= 0.6 is 0 Å². The number of rotatable bonds is 7. The molecule has 0 aliphatic carbocycles. The van der Waals surface area contributed by atoms with Crippen LogP contribution in [0.3, 0.4) is 0 Å². The average molecular weight is 371 g/mol.